The Morgan fingerprint density at radius 2 is 1.64 bits per heavy atom. The van der Waals surface area contributed by atoms with Crippen LogP contribution in [-0.2, 0) is 9.53 Å². The first-order valence-corrected chi connectivity index (χ1v) is 7.58. The molecule has 2 aromatic rings. The number of alkyl halides is 2. The van der Waals surface area contributed by atoms with Crippen molar-refractivity contribution < 1.29 is 27.8 Å². The minimum atomic E-state index is -2.93. The molecule has 0 saturated heterocycles. The van der Waals surface area contributed by atoms with Crippen molar-refractivity contribution in [3.05, 3.63) is 58.1 Å². The molecule has 0 heterocycles. The van der Waals surface area contributed by atoms with Crippen LogP contribution in [0.3, 0.4) is 0 Å². The monoisotopic (exact) mass is 389 g/mol. The molecule has 2 aromatic carbocycles. The van der Waals surface area contributed by atoms with E-state index in [4.69, 9.17) is 27.9 Å². The van der Waals surface area contributed by atoms with Crippen LogP contribution in [0.2, 0.25) is 10.0 Å². The summed E-state index contributed by atoms with van der Waals surface area (Å²) in [6.45, 7) is -3.51. The predicted molar refractivity (Wildman–Crippen MR) is 88.4 cm³/mol. The van der Waals surface area contributed by atoms with Crippen molar-refractivity contribution in [1.29, 1.82) is 0 Å². The number of carbonyl (C=O) groups is 2. The number of nitrogens with one attached hydrogen (secondary N) is 1. The lowest BCUT2D eigenvalue weighted by Crippen LogP contribution is -2.21. The fourth-order valence-corrected chi connectivity index (χ4v) is 2.36. The number of halogens is 4. The smallest absolute Gasteiger partial charge is 0.387 e. The van der Waals surface area contributed by atoms with E-state index >= 15 is 0 Å². The second-order valence-corrected chi connectivity index (χ2v) is 5.44. The number of hydrogen-bond donors (Lipinski definition) is 1. The summed E-state index contributed by atoms with van der Waals surface area (Å²) < 4.78 is 33.1. The third-order valence-electron chi connectivity index (χ3n) is 2.86. The van der Waals surface area contributed by atoms with E-state index in [0.29, 0.717) is 5.69 Å². The molecule has 0 saturated carbocycles. The van der Waals surface area contributed by atoms with Crippen molar-refractivity contribution in [2.75, 3.05) is 11.9 Å². The van der Waals surface area contributed by atoms with Crippen LogP contribution >= 0.6 is 23.2 Å². The van der Waals surface area contributed by atoms with E-state index < -0.39 is 25.1 Å². The standard InChI is InChI=1S/C16H11Cl2F2NO4/c17-11-2-1-3-12(18)14(11)15(23)24-8-13(22)21-9-4-6-10(7-5-9)25-16(19)20/h1-7,16H,8H2,(H,21,22). The van der Waals surface area contributed by atoms with Gasteiger partial charge in [-0.1, -0.05) is 29.3 Å². The minimum Gasteiger partial charge on any atom is -0.452 e. The molecule has 5 nitrogen and oxygen atoms in total. The topological polar surface area (TPSA) is 64.6 Å². The molecular weight excluding hydrogens is 379 g/mol. The number of carbonyl (C=O) groups excluding carboxylic acids is 2. The van der Waals surface area contributed by atoms with Crippen molar-refractivity contribution in [3.63, 3.8) is 0 Å². The van der Waals surface area contributed by atoms with Crippen LogP contribution in [0, 0.1) is 0 Å². The van der Waals surface area contributed by atoms with E-state index in [2.05, 4.69) is 10.1 Å². The van der Waals surface area contributed by atoms with Gasteiger partial charge in [-0.15, -0.1) is 0 Å². The molecule has 0 aliphatic carbocycles. The normalized spacial score (nSPS) is 10.4. The zero-order valence-electron chi connectivity index (χ0n) is 12.5. The van der Waals surface area contributed by atoms with Gasteiger partial charge in [0.1, 0.15) is 5.75 Å². The molecular formula is C16H11Cl2F2NO4. The molecule has 0 aromatic heterocycles. The second-order valence-electron chi connectivity index (χ2n) is 4.62. The van der Waals surface area contributed by atoms with Crippen LogP contribution in [0.4, 0.5) is 14.5 Å². The Morgan fingerprint density at radius 1 is 1.04 bits per heavy atom. The van der Waals surface area contributed by atoms with Crippen molar-refractivity contribution in [2.45, 2.75) is 6.61 Å². The fraction of sp³-hybridized carbons (Fsp3) is 0.125. The summed E-state index contributed by atoms with van der Waals surface area (Å²) in [7, 11) is 0. The van der Waals surface area contributed by atoms with Crippen molar-refractivity contribution in [3.8, 4) is 5.75 Å². The number of benzene rings is 2. The highest BCUT2D eigenvalue weighted by Gasteiger charge is 2.17. The van der Waals surface area contributed by atoms with Crippen LogP contribution in [0.25, 0.3) is 0 Å². The number of hydrogen-bond acceptors (Lipinski definition) is 4. The molecule has 1 N–H and O–H groups in total. The van der Waals surface area contributed by atoms with Gasteiger partial charge >= 0.3 is 12.6 Å². The number of esters is 1. The Bertz CT molecular complexity index is 749. The maximum absolute atomic E-state index is 12.0. The quantitative estimate of drug-likeness (QED) is 0.744. The maximum atomic E-state index is 12.0. The number of ether oxygens (including phenoxy) is 2. The molecule has 0 atom stereocenters. The first-order chi connectivity index (χ1) is 11.9. The van der Waals surface area contributed by atoms with Crippen LogP contribution in [-0.4, -0.2) is 25.1 Å². The van der Waals surface area contributed by atoms with Crippen molar-refractivity contribution in [2.24, 2.45) is 0 Å². The average Bonchev–Trinajstić information content (AvgIpc) is 2.54. The highest BCUT2D eigenvalue weighted by atomic mass is 35.5. The van der Waals surface area contributed by atoms with Crippen LogP contribution in [0.15, 0.2) is 42.5 Å². The van der Waals surface area contributed by atoms with Gasteiger partial charge in [0.25, 0.3) is 5.91 Å². The van der Waals surface area contributed by atoms with Gasteiger partial charge in [-0.3, -0.25) is 4.79 Å². The lowest BCUT2D eigenvalue weighted by molar-refractivity contribution is -0.119. The minimum absolute atomic E-state index is 0.0351. The predicted octanol–water partition coefficient (Wildman–Crippen LogP) is 4.39. The molecule has 25 heavy (non-hydrogen) atoms. The SMILES string of the molecule is O=C(COC(=O)c1c(Cl)cccc1Cl)Nc1ccc(OC(F)F)cc1. The molecule has 0 aliphatic heterocycles. The molecule has 0 radical (unpaired) electrons. The summed E-state index contributed by atoms with van der Waals surface area (Å²) in [5.74, 6) is -1.52. The Kier molecular flexibility index (Phi) is 6.55. The Balaban J connectivity index is 1.89. The van der Waals surface area contributed by atoms with E-state index in [0.717, 1.165) is 0 Å². The van der Waals surface area contributed by atoms with E-state index in [9.17, 15) is 18.4 Å². The lowest BCUT2D eigenvalue weighted by Gasteiger charge is -2.09. The van der Waals surface area contributed by atoms with Gasteiger partial charge in [-0.05, 0) is 36.4 Å². The molecule has 2 rings (SSSR count). The zero-order chi connectivity index (χ0) is 18.4. The summed E-state index contributed by atoms with van der Waals surface area (Å²) in [5.41, 5.74) is 0.283. The van der Waals surface area contributed by atoms with Gasteiger partial charge in [-0.25, -0.2) is 4.79 Å². The molecule has 0 bridgehead atoms. The summed E-state index contributed by atoms with van der Waals surface area (Å²) in [5, 5.41) is 2.64. The summed E-state index contributed by atoms with van der Waals surface area (Å²) in [4.78, 5) is 23.7. The average molecular weight is 390 g/mol. The Morgan fingerprint density at radius 3 is 2.20 bits per heavy atom. The van der Waals surface area contributed by atoms with Gasteiger partial charge in [0.15, 0.2) is 6.61 Å². The van der Waals surface area contributed by atoms with E-state index in [1.165, 1.54) is 36.4 Å². The highest BCUT2D eigenvalue weighted by molar-refractivity contribution is 6.39. The van der Waals surface area contributed by atoms with E-state index in [1.54, 1.807) is 6.07 Å². The van der Waals surface area contributed by atoms with Gasteiger partial charge < -0.3 is 14.8 Å². The Hall–Kier alpha value is -2.38. The summed E-state index contributed by atoms with van der Waals surface area (Å²) in [6, 6.07) is 9.75. The lowest BCUT2D eigenvalue weighted by atomic mass is 10.2. The van der Waals surface area contributed by atoms with Gasteiger partial charge in [-0.2, -0.15) is 8.78 Å². The molecule has 0 unspecified atom stereocenters. The van der Waals surface area contributed by atoms with E-state index in [-0.39, 0.29) is 21.4 Å². The van der Waals surface area contributed by atoms with Crippen molar-refractivity contribution >= 4 is 40.8 Å². The molecule has 0 spiro atoms. The largest absolute Gasteiger partial charge is 0.452 e. The first-order valence-electron chi connectivity index (χ1n) is 6.82. The van der Waals surface area contributed by atoms with E-state index in [1.807, 2.05) is 0 Å². The molecule has 132 valence electrons. The molecule has 0 fully saturated rings. The maximum Gasteiger partial charge on any atom is 0.387 e. The summed E-state index contributed by atoms with van der Waals surface area (Å²) >= 11 is 11.7. The first kappa shape index (κ1) is 19.0. The van der Waals surface area contributed by atoms with Gasteiger partial charge in [0.05, 0.1) is 15.6 Å². The number of rotatable bonds is 6. The third kappa shape index (κ3) is 5.58. The second kappa shape index (κ2) is 8.64. The van der Waals surface area contributed by atoms with Crippen LogP contribution in [0.1, 0.15) is 10.4 Å². The van der Waals surface area contributed by atoms with Crippen LogP contribution < -0.4 is 10.1 Å². The van der Waals surface area contributed by atoms with Crippen molar-refractivity contribution in [1.82, 2.24) is 0 Å². The third-order valence-corrected chi connectivity index (χ3v) is 3.49. The molecule has 1 amide bonds. The van der Waals surface area contributed by atoms with Gasteiger partial charge in [0, 0.05) is 5.69 Å². The molecule has 0 aliphatic rings. The zero-order valence-corrected chi connectivity index (χ0v) is 14.0. The highest BCUT2D eigenvalue weighted by Crippen LogP contribution is 2.25. The van der Waals surface area contributed by atoms with Gasteiger partial charge in [0.2, 0.25) is 0 Å². The molecule has 9 heteroatoms. The number of anilines is 1. The summed E-state index contributed by atoms with van der Waals surface area (Å²) in [6.07, 6.45) is 0. The van der Waals surface area contributed by atoms with Crippen LogP contribution in [0.5, 0.6) is 5.75 Å². The Labute approximate surface area is 151 Å². The number of amides is 1. The fourth-order valence-electron chi connectivity index (χ4n) is 1.81.